The van der Waals surface area contributed by atoms with Gasteiger partial charge in [0, 0.05) is 37.3 Å². The van der Waals surface area contributed by atoms with Crippen LogP contribution in [0.2, 0.25) is 5.02 Å². The molecule has 164 valence electrons. The van der Waals surface area contributed by atoms with Crippen LogP contribution in [0.3, 0.4) is 0 Å². The number of hydrogen-bond acceptors (Lipinski definition) is 5. The quantitative estimate of drug-likeness (QED) is 0.662. The van der Waals surface area contributed by atoms with Gasteiger partial charge in [-0.2, -0.15) is 5.10 Å². The van der Waals surface area contributed by atoms with Crippen LogP contribution >= 0.6 is 11.6 Å². The number of piperidine rings is 1. The summed E-state index contributed by atoms with van der Waals surface area (Å²) in [5, 5.41) is 5.01. The Labute approximate surface area is 185 Å². The predicted molar refractivity (Wildman–Crippen MR) is 114 cm³/mol. The number of nitrogens with zero attached hydrogens (tertiary/aromatic N) is 4. The lowest BCUT2D eigenvalue weighted by molar-refractivity contribution is -0.149. The fourth-order valence-electron chi connectivity index (χ4n) is 4.09. The first-order chi connectivity index (χ1) is 15.0. The van der Waals surface area contributed by atoms with Gasteiger partial charge >= 0.3 is 5.97 Å². The number of ether oxygens (including phenoxy) is 1. The van der Waals surface area contributed by atoms with Crippen molar-refractivity contribution in [2.75, 3.05) is 26.2 Å². The molecule has 0 aliphatic carbocycles. The number of hydrogen-bond donors (Lipinski definition) is 0. The van der Waals surface area contributed by atoms with Gasteiger partial charge in [-0.3, -0.25) is 19.1 Å². The van der Waals surface area contributed by atoms with Crippen LogP contribution in [0.1, 0.15) is 46.3 Å². The molecule has 0 spiro atoms. The average Bonchev–Trinajstić information content (AvgIpc) is 3.21. The zero-order valence-corrected chi connectivity index (χ0v) is 18.2. The smallest absolute Gasteiger partial charge is 0.309 e. The van der Waals surface area contributed by atoms with Crippen LogP contribution in [0.5, 0.6) is 0 Å². The molecule has 0 unspecified atom stereocenters. The van der Waals surface area contributed by atoms with Gasteiger partial charge in [-0.05, 0) is 37.5 Å². The van der Waals surface area contributed by atoms with Crippen molar-refractivity contribution in [1.82, 2.24) is 19.6 Å². The molecule has 9 heteroatoms. The Morgan fingerprint density at radius 2 is 1.94 bits per heavy atom. The van der Waals surface area contributed by atoms with E-state index in [1.165, 1.54) is 0 Å². The monoisotopic (exact) mass is 444 g/mol. The van der Waals surface area contributed by atoms with Gasteiger partial charge in [-0.1, -0.05) is 23.7 Å². The van der Waals surface area contributed by atoms with Crippen molar-refractivity contribution < 1.29 is 19.1 Å². The van der Waals surface area contributed by atoms with Gasteiger partial charge in [0.15, 0.2) is 5.69 Å². The Bertz CT molecular complexity index is 997. The Balaban J connectivity index is 1.41. The molecular weight excluding hydrogens is 420 g/mol. The van der Waals surface area contributed by atoms with Gasteiger partial charge in [0.05, 0.1) is 19.1 Å². The molecular formula is C22H25ClN4O4. The normalized spacial score (nSPS) is 16.9. The van der Waals surface area contributed by atoms with E-state index in [4.69, 9.17) is 16.3 Å². The summed E-state index contributed by atoms with van der Waals surface area (Å²) < 4.78 is 6.69. The SMILES string of the molecule is CCOC(=O)C1CCN(C(=O)c2cc3n(n2)CCN(Cc2cccc(Cl)c2)C3=O)CC1. The van der Waals surface area contributed by atoms with Gasteiger partial charge in [0.25, 0.3) is 11.8 Å². The Kier molecular flexibility index (Phi) is 6.27. The summed E-state index contributed by atoms with van der Waals surface area (Å²) in [4.78, 5) is 41.2. The summed E-state index contributed by atoms with van der Waals surface area (Å²) >= 11 is 6.05. The van der Waals surface area contributed by atoms with Gasteiger partial charge in [0.2, 0.25) is 0 Å². The highest BCUT2D eigenvalue weighted by Crippen LogP contribution is 2.22. The molecule has 31 heavy (non-hydrogen) atoms. The molecule has 0 saturated carbocycles. The number of rotatable bonds is 5. The first-order valence-corrected chi connectivity index (χ1v) is 10.9. The minimum absolute atomic E-state index is 0.154. The number of likely N-dealkylation sites (tertiary alicyclic amines) is 1. The number of halogens is 1. The topological polar surface area (TPSA) is 84.7 Å². The highest BCUT2D eigenvalue weighted by Gasteiger charge is 2.32. The molecule has 2 aliphatic rings. The van der Waals surface area contributed by atoms with Crippen molar-refractivity contribution in [2.45, 2.75) is 32.9 Å². The number of benzene rings is 1. The fourth-order valence-corrected chi connectivity index (χ4v) is 4.30. The Morgan fingerprint density at radius 1 is 1.16 bits per heavy atom. The average molecular weight is 445 g/mol. The molecule has 0 radical (unpaired) electrons. The van der Waals surface area contributed by atoms with E-state index in [0.717, 1.165) is 5.56 Å². The molecule has 2 amide bonds. The molecule has 3 heterocycles. The van der Waals surface area contributed by atoms with Crippen molar-refractivity contribution in [2.24, 2.45) is 5.92 Å². The minimum atomic E-state index is -0.210. The van der Waals surface area contributed by atoms with Gasteiger partial charge < -0.3 is 14.5 Å². The molecule has 4 rings (SSSR count). The highest BCUT2D eigenvalue weighted by atomic mass is 35.5. The number of esters is 1. The Morgan fingerprint density at radius 3 is 2.65 bits per heavy atom. The maximum absolute atomic E-state index is 13.0. The first kappa shape index (κ1) is 21.4. The van der Waals surface area contributed by atoms with E-state index in [0.29, 0.717) is 62.9 Å². The second-order valence-corrected chi connectivity index (χ2v) is 8.25. The number of carbonyl (C=O) groups is 3. The molecule has 0 bridgehead atoms. The van der Waals surface area contributed by atoms with Crippen molar-refractivity contribution in [3.8, 4) is 0 Å². The number of amides is 2. The highest BCUT2D eigenvalue weighted by molar-refractivity contribution is 6.30. The van der Waals surface area contributed by atoms with Crippen LogP contribution in [0.15, 0.2) is 30.3 Å². The summed E-state index contributed by atoms with van der Waals surface area (Å²) in [7, 11) is 0. The van der Waals surface area contributed by atoms with E-state index < -0.39 is 0 Å². The van der Waals surface area contributed by atoms with E-state index in [-0.39, 0.29) is 29.4 Å². The second-order valence-electron chi connectivity index (χ2n) is 7.81. The van der Waals surface area contributed by atoms with Crippen LogP contribution in [-0.2, 0) is 22.6 Å². The number of aromatic nitrogens is 2. The Hall–Kier alpha value is -2.87. The van der Waals surface area contributed by atoms with Crippen LogP contribution in [-0.4, -0.2) is 63.6 Å². The summed E-state index contributed by atoms with van der Waals surface area (Å²) in [6, 6.07) is 9.01. The molecule has 1 aromatic heterocycles. The van der Waals surface area contributed by atoms with Crippen molar-refractivity contribution >= 4 is 29.4 Å². The van der Waals surface area contributed by atoms with E-state index in [1.54, 1.807) is 33.5 Å². The summed E-state index contributed by atoms with van der Waals surface area (Å²) in [5.41, 5.74) is 1.63. The maximum atomic E-state index is 13.0. The van der Waals surface area contributed by atoms with Crippen molar-refractivity contribution in [3.05, 3.63) is 52.3 Å². The number of fused-ring (bicyclic) bond motifs is 1. The lowest BCUT2D eigenvalue weighted by atomic mass is 9.97. The van der Waals surface area contributed by atoms with Crippen LogP contribution in [0, 0.1) is 5.92 Å². The van der Waals surface area contributed by atoms with Crippen molar-refractivity contribution in [3.63, 3.8) is 0 Å². The molecule has 2 aromatic rings. The first-order valence-electron chi connectivity index (χ1n) is 10.5. The molecule has 1 aromatic carbocycles. The fraction of sp³-hybridized carbons (Fsp3) is 0.455. The van der Waals surface area contributed by atoms with E-state index in [9.17, 15) is 14.4 Å². The molecule has 0 N–H and O–H groups in total. The third-order valence-corrected chi connectivity index (χ3v) is 5.99. The third-order valence-electron chi connectivity index (χ3n) is 5.75. The maximum Gasteiger partial charge on any atom is 0.309 e. The van der Waals surface area contributed by atoms with Gasteiger partial charge in [-0.25, -0.2) is 0 Å². The van der Waals surface area contributed by atoms with Gasteiger partial charge in [0.1, 0.15) is 5.69 Å². The van der Waals surface area contributed by atoms with Gasteiger partial charge in [-0.15, -0.1) is 0 Å². The summed E-state index contributed by atoms with van der Waals surface area (Å²) in [5.74, 6) is -0.726. The zero-order chi connectivity index (χ0) is 22.0. The lowest BCUT2D eigenvalue weighted by Gasteiger charge is -2.30. The standard InChI is InChI=1S/C22H25ClN4O4/c1-2-31-22(30)16-6-8-25(9-7-16)20(28)18-13-19-21(29)26(10-11-27(19)24-18)14-15-4-3-5-17(23)12-15/h3-5,12-13,16H,2,6-11,14H2,1H3. The van der Waals surface area contributed by atoms with Crippen LogP contribution < -0.4 is 0 Å². The summed E-state index contributed by atoms with van der Waals surface area (Å²) in [6.07, 6.45) is 1.15. The number of carbonyl (C=O) groups excluding carboxylic acids is 3. The summed E-state index contributed by atoms with van der Waals surface area (Å²) in [6.45, 7) is 4.58. The van der Waals surface area contributed by atoms with Crippen molar-refractivity contribution in [1.29, 1.82) is 0 Å². The minimum Gasteiger partial charge on any atom is -0.466 e. The largest absolute Gasteiger partial charge is 0.466 e. The van der Waals surface area contributed by atoms with Crippen LogP contribution in [0.25, 0.3) is 0 Å². The molecule has 0 atom stereocenters. The second kappa shape index (κ2) is 9.09. The predicted octanol–water partition coefficient (Wildman–Crippen LogP) is 2.61. The zero-order valence-electron chi connectivity index (χ0n) is 17.4. The van der Waals surface area contributed by atoms with E-state index in [1.807, 2.05) is 18.2 Å². The van der Waals surface area contributed by atoms with Crippen LogP contribution in [0.4, 0.5) is 0 Å². The third kappa shape index (κ3) is 4.58. The molecule has 1 fully saturated rings. The molecule has 8 nitrogen and oxygen atoms in total. The lowest BCUT2D eigenvalue weighted by Crippen LogP contribution is -2.41. The molecule has 2 aliphatic heterocycles. The van der Waals surface area contributed by atoms with E-state index >= 15 is 0 Å². The molecule has 1 saturated heterocycles. The van der Waals surface area contributed by atoms with E-state index in [2.05, 4.69) is 5.10 Å².